The second-order valence-corrected chi connectivity index (χ2v) is 8.89. The van der Waals surface area contributed by atoms with Crippen molar-refractivity contribution in [3.8, 4) is 0 Å². The molecule has 0 aliphatic heterocycles. The molecule has 0 spiro atoms. The van der Waals surface area contributed by atoms with Gasteiger partial charge in [0, 0.05) is 6.54 Å². The van der Waals surface area contributed by atoms with Crippen molar-refractivity contribution >= 4 is 48.9 Å². The summed E-state index contributed by atoms with van der Waals surface area (Å²) in [5.74, 6) is 0.588. The van der Waals surface area contributed by atoms with Crippen molar-refractivity contribution in [2.75, 3.05) is 6.54 Å². The van der Waals surface area contributed by atoms with Crippen LogP contribution in [0.2, 0.25) is 5.02 Å². The number of hydrogen-bond donors (Lipinski definition) is 1. The summed E-state index contributed by atoms with van der Waals surface area (Å²) in [6.45, 7) is 4.70. The molecule has 0 amide bonds. The highest BCUT2D eigenvalue weighted by Crippen LogP contribution is 2.34. The van der Waals surface area contributed by atoms with Gasteiger partial charge in [-0.05, 0) is 40.8 Å². The number of thiophene rings is 1. The second-order valence-electron chi connectivity index (χ2n) is 4.12. The predicted molar refractivity (Wildman–Crippen MR) is 76.3 cm³/mol. The van der Waals surface area contributed by atoms with Crippen LogP contribution in [0.1, 0.15) is 26.7 Å². The van der Waals surface area contributed by atoms with Crippen molar-refractivity contribution in [3.05, 3.63) is 14.9 Å². The van der Waals surface area contributed by atoms with Crippen molar-refractivity contribution in [1.29, 1.82) is 0 Å². The molecule has 0 aromatic carbocycles. The summed E-state index contributed by atoms with van der Waals surface area (Å²) in [4.78, 5) is 0. The minimum Gasteiger partial charge on any atom is -0.210 e. The highest BCUT2D eigenvalue weighted by Gasteiger charge is 2.18. The maximum Gasteiger partial charge on any atom is 0.250 e. The fourth-order valence-electron chi connectivity index (χ4n) is 1.25. The molecule has 0 saturated carbocycles. The van der Waals surface area contributed by atoms with Gasteiger partial charge in [0.1, 0.15) is 4.21 Å². The molecule has 0 saturated heterocycles. The number of rotatable bonds is 6. The maximum atomic E-state index is 11.9. The SMILES string of the molecule is CC(C)CCCNS(=O)(=O)c1cc(Cl)c(Br)s1. The standard InChI is InChI=1S/C10H15BrClNO2S2/c1-7(2)4-3-5-13-17(14,15)9-6-8(12)10(11)16-9/h6-7,13H,3-5H2,1-2H3. The molecule has 0 aliphatic carbocycles. The van der Waals surface area contributed by atoms with Crippen molar-refractivity contribution < 1.29 is 8.42 Å². The van der Waals surface area contributed by atoms with E-state index in [1.807, 2.05) is 0 Å². The van der Waals surface area contributed by atoms with Gasteiger partial charge in [0.05, 0.1) is 8.81 Å². The highest BCUT2D eigenvalue weighted by atomic mass is 79.9. The lowest BCUT2D eigenvalue weighted by Crippen LogP contribution is -2.24. The highest BCUT2D eigenvalue weighted by molar-refractivity contribution is 9.11. The van der Waals surface area contributed by atoms with Crippen molar-refractivity contribution in [2.45, 2.75) is 30.9 Å². The van der Waals surface area contributed by atoms with E-state index in [9.17, 15) is 8.42 Å². The molecule has 1 aromatic rings. The van der Waals surface area contributed by atoms with Crippen molar-refractivity contribution in [1.82, 2.24) is 4.72 Å². The fourth-order valence-corrected chi connectivity index (χ4v) is 4.76. The summed E-state index contributed by atoms with van der Waals surface area (Å²) in [7, 11) is -3.41. The van der Waals surface area contributed by atoms with Gasteiger partial charge in [-0.25, -0.2) is 13.1 Å². The van der Waals surface area contributed by atoms with Gasteiger partial charge in [-0.2, -0.15) is 0 Å². The molecular formula is C10H15BrClNO2S2. The molecule has 17 heavy (non-hydrogen) atoms. The van der Waals surface area contributed by atoms with Gasteiger partial charge in [0.15, 0.2) is 0 Å². The molecule has 0 unspecified atom stereocenters. The lowest BCUT2D eigenvalue weighted by Gasteiger charge is -2.06. The molecule has 0 atom stereocenters. The largest absolute Gasteiger partial charge is 0.250 e. The molecular weight excluding hydrogens is 346 g/mol. The summed E-state index contributed by atoms with van der Waals surface area (Å²) >= 11 is 10.1. The van der Waals surface area contributed by atoms with Gasteiger partial charge >= 0.3 is 0 Å². The van der Waals surface area contributed by atoms with Crippen molar-refractivity contribution in [2.24, 2.45) is 5.92 Å². The molecule has 1 N–H and O–H groups in total. The average Bonchev–Trinajstić information content (AvgIpc) is 2.55. The maximum absolute atomic E-state index is 11.9. The Balaban J connectivity index is 2.57. The van der Waals surface area contributed by atoms with E-state index in [4.69, 9.17) is 11.6 Å². The minimum absolute atomic E-state index is 0.249. The molecule has 1 heterocycles. The summed E-state index contributed by atoms with van der Waals surface area (Å²) < 4.78 is 27.2. The molecule has 3 nitrogen and oxygen atoms in total. The Bertz CT molecular complexity index is 451. The van der Waals surface area contributed by atoms with Crippen LogP contribution in [0.15, 0.2) is 14.1 Å². The summed E-state index contributed by atoms with van der Waals surface area (Å²) in [6, 6.07) is 1.46. The molecule has 98 valence electrons. The van der Waals surface area contributed by atoms with Gasteiger partial charge in [0.25, 0.3) is 0 Å². The zero-order valence-electron chi connectivity index (χ0n) is 9.66. The first-order valence-electron chi connectivity index (χ1n) is 5.27. The van der Waals surface area contributed by atoms with Gasteiger partial charge < -0.3 is 0 Å². The number of halogens is 2. The van der Waals surface area contributed by atoms with Crippen molar-refractivity contribution in [3.63, 3.8) is 0 Å². The van der Waals surface area contributed by atoms with E-state index < -0.39 is 10.0 Å². The van der Waals surface area contributed by atoms with E-state index in [2.05, 4.69) is 34.5 Å². The smallest absolute Gasteiger partial charge is 0.210 e. The molecule has 0 fully saturated rings. The molecule has 1 aromatic heterocycles. The summed E-state index contributed by atoms with van der Waals surface area (Å²) in [5.41, 5.74) is 0. The first-order chi connectivity index (χ1) is 7.83. The average molecular weight is 361 g/mol. The normalized spacial score (nSPS) is 12.3. The third kappa shape index (κ3) is 4.87. The second kappa shape index (κ2) is 6.52. The van der Waals surface area contributed by atoms with Crippen LogP contribution in [0.4, 0.5) is 0 Å². The summed E-state index contributed by atoms with van der Waals surface area (Å²) in [6.07, 6.45) is 1.86. The Morgan fingerprint density at radius 3 is 2.65 bits per heavy atom. The van der Waals surface area contributed by atoms with Crippen LogP contribution in [0, 0.1) is 5.92 Å². The van der Waals surface area contributed by atoms with E-state index >= 15 is 0 Å². The lowest BCUT2D eigenvalue weighted by molar-refractivity contribution is 0.540. The minimum atomic E-state index is -3.41. The third-order valence-electron chi connectivity index (χ3n) is 2.14. The van der Waals surface area contributed by atoms with E-state index in [1.54, 1.807) is 0 Å². The monoisotopic (exact) mass is 359 g/mol. The Morgan fingerprint density at radius 2 is 2.18 bits per heavy atom. The van der Waals surface area contributed by atoms with Gasteiger partial charge in [-0.3, -0.25) is 0 Å². The third-order valence-corrected chi connectivity index (χ3v) is 6.55. The number of sulfonamides is 1. The Morgan fingerprint density at radius 1 is 1.53 bits per heavy atom. The fraction of sp³-hybridized carbons (Fsp3) is 0.600. The first-order valence-corrected chi connectivity index (χ1v) is 8.74. The van der Waals surface area contributed by atoms with Crippen LogP contribution < -0.4 is 4.72 Å². The zero-order chi connectivity index (χ0) is 13.1. The van der Waals surface area contributed by atoms with Gasteiger partial charge in [0.2, 0.25) is 10.0 Å². The Labute approximate surface area is 120 Å². The topological polar surface area (TPSA) is 46.2 Å². The Hall–Kier alpha value is 0.380. The van der Waals surface area contributed by atoms with E-state index in [-0.39, 0.29) is 4.21 Å². The quantitative estimate of drug-likeness (QED) is 0.783. The molecule has 0 radical (unpaired) electrons. The number of hydrogen-bond acceptors (Lipinski definition) is 3. The van der Waals surface area contributed by atoms with E-state index in [1.165, 1.54) is 6.07 Å². The van der Waals surface area contributed by atoms with Crippen LogP contribution in [-0.2, 0) is 10.0 Å². The number of nitrogens with one attached hydrogen (secondary N) is 1. The van der Waals surface area contributed by atoms with Crippen LogP contribution in [0.25, 0.3) is 0 Å². The van der Waals surface area contributed by atoms with Crippen LogP contribution in [0.3, 0.4) is 0 Å². The van der Waals surface area contributed by atoms with Gasteiger partial charge in [-0.1, -0.05) is 25.4 Å². The summed E-state index contributed by atoms with van der Waals surface area (Å²) in [5, 5.41) is 0.428. The van der Waals surface area contributed by atoms with Crippen LogP contribution in [-0.4, -0.2) is 15.0 Å². The first kappa shape index (κ1) is 15.4. The van der Waals surface area contributed by atoms with Crippen LogP contribution >= 0.6 is 38.9 Å². The van der Waals surface area contributed by atoms with E-state index in [0.717, 1.165) is 24.2 Å². The van der Waals surface area contributed by atoms with Gasteiger partial charge in [-0.15, -0.1) is 11.3 Å². The molecule has 0 aliphatic rings. The predicted octanol–water partition coefficient (Wildman–Crippen LogP) is 3.88. The molecule has 0 bridgehead atoms. The Kier molecular flexibility index (Phi) is 5.92. The zero-order valence-corrected chi connectivity index (χ0v) is 13.6. The van der Waals surface area contributed by atoms with Crippen LogP contribution in [0.5, 0.6) is 0 Å². The lowest BCUT2D eigenvalue weighted by atomic mass is 10.1. The molecule has 1 rings (SSSR count). The van der Waals surface area contributed by atoms with E-state index in [0.29, 0.717) is 21.3 Å². The molecule has 7 heteroatoms.